The maximum absolute atomic E-state index is 13.3. The molecule has 2 amide bonds. The number of carbonyl (C=O) groups excluding carboxylic acids is 2. The molecule has 5 unspecified atom stereocenters. The predicted molar refractivity (Wildman–Crippen MR) is 133 cm³/mol. The Morgan fingerprint density at radius 2 is 1.89 bits per heavy atom. The van der Waals surface area contributed by atoms with Crippen LogP contribution in [0.2, 0.25) is 0 Å². The van der Waals surface area contributed by atoms with Crippen molar-refractivity contribution >= 4 is 11.8 Å². The van der Waals surface area contributed by atoms with Gasteiger partial charge >= 0.3 is 0 Å². The predicted octanol–water partition coefficient (Wildman–Crippen LogP) is 2.30. The Bertz CT molecular complexity index is 1330. The Hall–Kier alpha value is -2.97. The van der Waals surface area contributed by atoms with Crippen LogP contribution in [0.25, 0.3) is 0 Å². The van der Waals surface area contributed by atoms with E-state index in [1.807, 2.05) is 6.07 Å². The third-order valence-corrected chi connectivity index (χ3v) is 9.98. The van der Waals surface area contributed by atoms with Gasteiger partial charge in [-0.2, -0.15) is 0 Å². The summed E-state index contributed by atoms with van der Waals surface area (Å²) in [7, 11) is 0. The van der Waals surface area contributed by atoms with E-state index in [-0.39, 0.29) is 47.1 Å². The second-order valence-corrected chi connectivity index (χ2v) is 12.1. The number of primary amides is 1. The highest BCUT2D eigenvalue weighted by molar-refractivity contribution is 5.96. The number of likely N-dealkylation sites (tertiary alicyclic amines) is 1. The van der Waals surface area contributed by atoms with Crippen LogP contribution in [0.1, 0.15) is 65.6 Å². The number of carbonyl (C=O) groups is 2. The van der Waals surface area contributed by atoms with Crippen LogP contribution in [0.4, 0.5) is 4.39 Å². The monoisotopic (exact) mass is 505 g/mol. The molecule has 6 atom stereocenters. The number of halogens is 1. The summed E-state index contributed by atoms with van der Waals surface area (Å²) < 4.78 is 13.3. The highest BCUT2D eigenvalue weighted by Gasteiger charge is 2.84. The number of piperidine rings is 1. The second kappa shape index (κ2) is 7.54. The summed E-state index contributed by atoms with van der Waals surface area (Å²) in [5.41, 5.74) is 6.03. The van der Waals surface area contributed by atoms with Gasteiger partial charge in [-0.15, -0.1) is 0 Å². The van der Waals surface area contributed by atoms with Crippen LogP contribution in [0.3, 0.4) is 0 Å². The largest absolute Gasteiger partial charge is 0.507 e. The van der Waals surface area contributed by atoms with Crippen LogP contribution < -0.4 is 11.1 Å². The van der Waals surface area contributed by atoms with Gasteiger partial charge in [-0.05, 0) is 80.2 Å². The lowest BCUT2D eigenvalue weighted by Gasteiger charge is -2.54. The van der Waals surface area contributed by atoms with Crippen molar-refractivity contribution in [1.29, 1.82) is 0 Å². The van der Waals surface area contributed by atoms with Crippen molar-refractivity contribution in [2.45, 2.75) is 80.0 Å². The van der Waals surface area contributed by atoms with Crippen LogP contribution in [0.5, 0.6) is 5.75 Å². The number of hydrogen-bond acceptors (Lipinski definition) is 5. The van der Waals surface area contributed by atoms with Gasteiger partial charge < -0.3 is 21.3 Å². The van der Waals surface area contributed by atoms with E-state index in [2.05, 4.69) is 10.2 Å². The maximum atomic E-state index is 13.3. The molecule has 194 valence electrons. The molecule has 37 heavy (non-hydrogen) atoms. The van der Waals surface area contributed by atoms with E-state index in [0.29, 0.717) is 37.2 Å². The zero-order valence-electron chi connectivity index (χ0n) is 20.7. The molecule has 8 heteroatoms. The van der Waals surface area contributed by atoms with Gasteiger partial charge in [0, 0.05) is 29.1 Å². The van der Waals surface area contributed by atoms with Crippen LogP contribution in [0.15, 0.2) is 36.4 Å². The van der Waals surface area contributed by atoms with E-state index in [0.717, 1.165) is 24.1 Å². The number of nitrogens with two attached hydrogens (primary N) is 1. The van der Waals surface area contributed by atoms with Crippen molar-refractivity contribution in [2.75, 3.05) is 6.54 Å². The fourth-order valence-corrected chi connectivity index (χ4v) is 8.38. The lowest BCUT2D eigenvalue weighted by atomic mass is 9.56. The van der Waals surface area contributed by atoms with Gasteiger partial charge in [0.1, 0.15) is 11.6 Å². The van der Waals surface area contributed by atoms with E-state index in [9.17, 15) is 24.2 Å². The average molecular weight is 506 g/mol. The molecule has 2 bridgehead atoms. The molecular weight excluding hydrogens is 473 g/mol. The summed E-state index contributed by atoms with van der Waals surface area (Å²) in [6.45, 7) is 1.00. The number of aromatic hydroxyl groups is 1. The number of phenols is 1. The first kappa shape index (κ1) is 23.2. The average Bonchev–Trinajstić information content (AvgIpc) is 3.75. The maximum Gasteiger partial charge on any atom is 0.252 e. The Kier molecular flexibility index (Phi) is 4.72. The van der Waals surface area contributed by atoms with Crippen molar-refractivity contribution in [3.05, 3.63) is 64.5 Å². The number of nitrogens with one attached hydrogen (secondary N) is 1. The van der Waals surface area contributed by atoms with E-state index >= 15 is 0 Å². The van der Waals surface area contributed by atoms with Crippen molar-refractivity contribution < 1.29 is 24.2 Å². The molecule has 4 fully saturated rings. The molecule has 7 nitrogen and oxygen atoms in total. The van der Waals surface area contributed by atoms with Crippen LogP contribution in [0, 0.1) is 11.7 Å². The third kappa shape index (κ3) is 3.18. The van der Waals surface area contributed by atoms with Gasteiger partial charge in [0.2, 0.25) is 5.91 Å². The minimum absolute atomic E-state index is 0.0142. The van der Waals surface area contributed by atoms with Gasteiger partial charge in [-0.1, -0.05) is 18.2 Å². The summed E-state index contributed by atoms with van der Waals surface area (Å²) in [5.74, 6) is -0.610. The van der Waals surface area contributed by atoms with E-state index in [1.165, 1.54) is 25.0 Å². The summed E-state index contributed by atoms with van der Waals surface area (Å²) in [6.07, 6.45) is 5.67. The Balaban J connectivity index is 1.23. The summed E-state index contributed by atoms with van der Waals surface area (Å²) >= 11 is 0. The van der Waals surface area contributed by atoms with E-state index in [1.54, 1.807) is 18.2 Å². The standard InChI is InChI=1S/C29H32FN3O4/c30-19-6-3-16(4-7-19)11-22(34)32-20-9-10-29(37)26-28(33(26)14-17-1-2-17)12-18-5-8-21(25(31)36)24(35)23(18)27(29,13-20)15-28/h3-8,17,20,26,35,37H,1-2,9-15H2,(H2,31,36)(H,32,34)/t20-,26?,27?,28?,29?,33?/m1/s1. The summed E-state index contributed by atoms with van der Waals surface area (Å²) in [6, 6.07) is 9.22. The van der Waals surface area contributed by atoms with Gasteiger partial charge in [0.15, 0.2) is 0 Å². The third-order valence-electron chi connectivity index (χ3n) is 9.98. The minimum Gasteiger partial charge on any atom is -0.507 e. The first-order valence-corrected chi connectivity index (χ1v) is 13.3. The lowest BCUT2D eigenvalue weighted by Crippen LogP contribution is -2.61. The van der Waals surface area contributed by atoms with E-state index in [4.69, 9.17) is 5.73 Å². The zero-order chi connectivity index (χ0) is 25.7. The highest BCUT2D eigenvalue weighted by atomic mass is 19.1. The molecule has 1 saturated heterocycles. The smallest absolute Gasteiger partial charge is 0.252 e. The highest BCUT2D eigenvalue weighted by Crippen LogP contribution is 2.74. The SMILES string of the molecule is NC(=O)c1ccc2c(c1O)C13C[C@H](NC(=O)Cc4ccc(F)cc4)CCC1(O)C1N(CC4CC4)C1(C2)C3. The molecule has 1 heterocycles. The molecule has 5 aliphatic rings. The number of amides is 2. The number of aliphatic hydroxyl groups is 1. The molecule has 2 spiro atoms. The number of fused-ring (bicyclic) bond motifs is 2. The van der Waals surface area contributed by atoms with E-state index < -0.39 is 16.9 Å². The molecular formula is C29H32FN3O4. The second-order valence-electron chi connectivity index (χ2n) is 12.1. The fraction of sp³-hybridized carbons (Fsp3) is 0.517. The normalized spacial score (nSPS) is 36.8. The first-order chi connectivity index (χ1) is 17.7. The molecule has 3 saturated carbocycles. The Labute approximate surface area is 214 Å². The minimum atomic E-state index is -1.06. The first-order valence-electron chi connectivity index (χ1n) is 13.3. The van der Waals surface area contributed by atoms with Crippen molar-refractivity contribution in [1.82, 2.24) is 10.2 Å². The molecule has 1 aliphatic heterocycles. The Morgan fingerprint density at radius 1 is 1.14 bits per heavy atom. The summed E-state index contributed by atoms with van der Waals surface area (Å²) in [5, 5.41) is 27.0. The topological polar surface area (TPSA) is 116 Å². The van der Waals surface area contributed by atoms with Crippen molar-refractivity contribution in [3.8, 4) is 5.75 Å². The van der Waals surface area contributed by atoms with Crippen molar-refractivity contribution in [3.63, 3.8) is 0 Å². The molecule has 5 N–H and O–H groups in total. The number of nitrogens with zero attached hydrogens (tertiary/aromatic N) is 1. The summed E-state index contributed by atoms with van der Waals surface area (Å²) in [4.78, 5) is 27.5. The number of hydrogen-bond donors (Lipinski definition) is 4. The zero-order valence-corrected chi connectivity index (χ0v) is 20.7. The van der Waals surface area contributed by atoms with Gasteiger partial charge in [0.25, 0.3) is 5.91 Å². The molecule has 2 aromatic rings. The number of rotatable bonds is 6. The van der Waals surface area contributed by atoms with Crippen LogP contribution in [-0.4, -0.2) is 56.7 Å². The molecule has 7 rings (SSSR count). The number of benzene rings is 2. The molecule has 0 aromatic heterocycles. The van der Waals surface area contributed by atoms with Gasteiger partial charge in [-0.25, -0.2) is 4.39 Å². The lowest BCUT2D eigenvalue weighted by molar-refractivity contribution is -0.123. The fourth-order valence-electron chi connectivity index (χ4n) is 8.38. The van der Waals surface area contributed by atoms with Crippen molar-refractivity contribution in [2.24, 2.45) is 11.7 Å². The van der Waals surface area contributed by atoms with Crippen LogP contribution >= 0.6 is 0 Å². The molecule has 2 aromatic carbocycles. The van der Waals surface area contributed by atoms with Crippen LogP contribution in [-0.2, 0) is 23.1 Å². The molecule has 4 aliphatic carbocycles. The molecule has 0 radical (unpaired) electrons. The van der Waals surface area contributed by atoms with Gasteiger partial charge in [0.05, 0.1) is 23.6 Å². The quantitative estimate of drug-likeness (QED) is 0.450. The van der Waals surface area contributed by atoms with Gasteiger partial charge in [-0.3, -0.25) is 14.5 Å². The Morgan fingerprint density at radius 3 is 2.59 bits per heavy atom.